The largest absolute Gasteiger partial charge is 0.352 e. The van der Waals surface area contributed by atoms with Gasteiger partial charge in [0.25, 0.3) is 0 Å². The van der Waals surface area contributed by atoms with Crippen LogP contribution in [-0.4, -0.2) is 18.0 Å². The molecule has 0 heterocycles. The molecule has 1 aliphatic rings. The smallest absolute Gasteiger partial charge is 0.237 e. The first kappa shape index (κ1) is 13.1. The Hall–Kier alpha value is -1.35. The lowest BCUT2D eigenvalue weighted by molar-refractivity contribution is -0.123. The molecule has 0 aliphatic heterocycles. The summed E-state index contributed by atoms with van der Waals surface area (Å²) in [6, 6.07) is 9.81. The molecule has 18 heavy (non-hydrogen) atoms. The van der Waals surface area contributed by atoms with Crippen molar-refractivity contribution >= 4 is 5.91 Å². The molecule has 1 amide bonds. The third kappa shape index (κ3) is 3.57. The van der Waals surface area contributed by atoms with Crippen LogP contribution in [-0.2, 0) is 11.2 Å². The van der Waals surface area contributed by atoms with E-state index in [2.05, 4.69) is 12.2 Å². The van der Waals surface area contributed by atoms with Crippen molar-refractivity contribution in [3.63, 3.8) is 0 Å². The zero-order valence-electron chi connectivity index (χ0n) is 10.9. The zero-order chi connectivity index (χ0) is 13.0. The standard InChI is InChI=1S/C15H22N2O/c1-11-7-8-13(9-11)17-15(18)14(16)10-12-5-3-2-4-6-12/h2-6,11,13-14H,7-10,16H2,1H3,(H,17,18)/t11?,13?,14-/m0/s1. The van der Waals surface area contributed by atoms with E-state index in [0.717, 1.165) is 24.3 Å². The second-order valence-electron chi connectivity index (χ2n) is 5.42. The highest BCUT2D eigenvalue weighted by atomic mass is 16.2. The number of amides is 1. The first-order chi connectivity index (χ1) is 8.65. The van der Waals surface area contributed by atoms with Gasteiger partial charge < -0.3 is 11.1 Å². The minimum atomic E-state index is -0.441. The fourth-order valence-corrected chi connectivity index (χ4v) is 2.61. The monoisotopic (exact) mass is 246 g/mol. The molecule has 1 aliphatic carbocycles. The Morgan fingerprint density at radius 3 is 2.72 bits per heavy atom. The Morgan fingerprint density at radius 1 is 1.39 bits per heavy atom. The summed E-state index contributed by atoms with van der Waals surface area (Å²) in [5.41, 5.74) is 7.06. The molecule has 1 aromatic rings. The van der Waals surface area contributed by atoms with Crippen LogP contribution in [0.4, 0.5) is 0 Å². The van der Waals surface area contributed by atoms with E-state index >= 15 is 0 Å². The van der Waals surface area contributed by atoms with Gasteiger partial charge in [0.2, 0.25) is 5.91 Å². The van der Waals surface area contributed by atoms with Crippen LogP contribution in [0.1, 0.15) is 31.7 Å². The Morgan fingerprint density at radius 2 is 2.11 bits per heavy atom. The van der Waals surface area contributed by atoms with Gasteiger partial charge in [0.1, 0.15) is 0 Å². The van der Waals surface area contributed by atoms with Gasteiger partial charge in [-0.15, -0.1) is 0 Å². The summed E-state index contributed by atoms with van der Waals surface area (Å²) >= 11 is 0. The van der Waals surface area contributed by atoms with Crippen LogP contribution in [0.25, 0.3) is 0 Å². The average molecular weight is 246 g/mol. The molecule has 0 spiro atoms. The van der Waals surface area contributed by atoms with Crippen molar-refractivity contribution in [1.29, 1.82) is 0 Å². The normalized spacial score (nSPS) is 24.8. The fourth-order valence-electron chi connectivity index (χ4n) is 2.61. The molecule has 0 radical (unpaired) electrons. The SMILES string of the molecule is CC1CCC(NC(=O)[C@@H](N)Cc2ccccc2)C1. The number of carbonyl (C=O) groups excluding carboxylic acids is 1. The Bertz CT molecular complexity index is 391. The number of hydrogen-bond donors (Lipinski definition) is 2. The molecule has 3 heteroatoms. The van der Waals surface area contributed by atoms with Gasteiger partial charge in [0, 0.05) is 6.04 Å². The van der Waals surface area contributed by atoms with Gasteiger partial charge in [-0.2, -0.15) is 0 Å². The summed E-state index contributed by atoms with van der Waals surface area (Å²) in [6.07, 6.45) is 3.99. The molecule has 3 nitrogen and oxygen atoms in total. The number of hydrogen-bond acceptors (Lipinski definition) is 2. The summed E-state index contributed by atoms with van der Waals surface area (Å²) in [7, 11) is 0. The maximum atomic E-state index is 12.0. The Kier molecular flexibility index (Phi) is 4.37. The van der Waals surface area contributed by atoms with Crippen molar-refractivity contribution in [3.05, 3.63) is 35.9 Å². The van der Waals surface area contributed by atoms with Crippen molar-refractivity contribution in [3.8, 4) is 0 Å². The van der Waals surface area contributed by atoms with Gasteiger partial charge in [-0.05, 0) is 37.2 Å². The van der Waals surface area contributed by atoms with Gasteiger partial charge in [0.05, 0.1) is 6.04 Å². The van der Waals surface area contributed by atoms with Gasteiger partial charge in [-0.25, -0.2) is 0 Å². The average Bonchev–Trinajstić information content (AvgIpc) is 2.76. The first-order valence-corrected chi connectivity index (χ1v) is 6.75. The molecule has 98 valence electrons. The molecular formula is C15H22N2O. The van der Waals surface area contributed by atoms with Crippen LogP contribution in [0.3, 0.4) is 0 Å². The Balaban J connectivity index is 1.82. The van der Waals surface area contributed by atoms with E-state index in [4.69, 9.17) is 5.73 Å². The number of rotatable bonds is 4. The number of benzene rings is 1. The predicted octanol–water partition coefficient (Wildman–Crippen LogP) is 1.86. The molecule has 1 fully saturated rings. The Labute approximate surface area is 109 Å². The lowest BCUT2D eigenvalue weighted by atomic mass is 10.1. The molecule has 1 saturated carbocycles. The van der Waals surface area contributed by atoms with Crippen LogP contribution in [0.5, 0.6) is 0 Å². The highest BCUT2D eigenvalue weighted by molar-refractivity contribution is 5.82. The number of carbonyl (C=O) groups is 1. The van der Waals surface area contributed by atoms with E-state index in [9.17, 15) is 4.79 Å². The molecular weight excluding hydrogens is 224 g/mol. The topological polar surface area (TPSA) is 55.1 Å². The molecule has 2 unspecified atom stereocenters. The van der Waals surface area contributed by atoms with Crippen molar-refractivity contribution in [2.75, 3.05) is 0 Å². The summed E-state index contributed by atoms with van der Waals surface area (Å²) < 4.78 is 0. The highest BCUT2D eigenvalue weighted by Gasteiger charge is 2.24. The van der Waals surface area contributed by atoms with Crippen molar-refractivity contribution in [2.24, 2.45) is 11.7 Å². The molecule has 0 aromatic heterocycles. The van der Waals surface area contributed by atoms with Crippen LogP contribution >= 0.6 is 0 Å². The highest BCUT2D eigenvalue weighted by Crippen LogP contribution is 2.24. The van der Waals surface area contributed by atoms with E-state index in [1.54, 1.807) is 0 Å². The molecule has 0 bridgehead atoms. The van der Waals surface area contributed by atoms with Crippen molar-refractivity contribution < 1.29 is 4.79 Å². The van der Waals surface area contributed by atoms with Gasteiger partial charge in [-0.3, -0.25) is 4.79 Å². The van der Waals surface area contributed by atoms with Crippen LogP contribution in [0.2, 0.25) is 0 Å². The van der Waals surface area contributed by atoms with Crippen molar-refractivity contribution in [1.82, 2.24) is 5.32 Å². The number of nitrogens with one attached hydrogen (secondary N) is 1. The van der Waals surface area contributed by atoms with E-state index in [0.29, 0.717) is 12.5 Å². The molecule has 0 saturated heterocycles. The van der Waals surface area contributed by atoms with Crippen LogP contribution in [0.15, 0.2) is 30.3 Å². The lowest BCUT2D eigenvalue weighted by Gasteiger charge is -2.17. The predicted molar refractivity (Wildman–Crippen MR) is 73.1 cm³/mol. The van der Waals surface area contributed by atoms with Crippen LogP contribution in [0, 0.1) is 5.92 Å². The van der Waals surface area contributed by atoms with E-state index < -0.39 is 6.04 Å². The van der Waals surface area contributed by atoms with E-state index in [-0.39, 0.29) is 5.91 Å². The zero-order valence-corrected chi connectivity index (χ0v) is 10.9. The molecule has 2 rings (SSSR count). The molecule has 3 atom stereocenters. The van der Waals surface area contributed by atoms with Crippen molar-refractivity contribution in [2.45, 2.75) is 44.7 Å². The summed E-state index contributed by atoms with van der Waals surface area (Å²) in [6.45, 7) is 2.23. The van der Waals surface area contributed by atoms with Gasteiger partial charge >= 0.3 is 0 Å². The van der Waals surface area contributed by atoms with E-state index in [1.807, 2.05) is 30.3 Å². The van der Waals surface area contributed by atoms with Gasteiger partial charge in [-0.1, -0.05) is 37.3 Å². The minimum absolute atomic E-state index is 0.0158. The third-order valence-electron chi connectivity index (χ3n) is 3.68. The summed E-state index contributed by atoms with van der Waals surface area (Å²) in [4.78, 5) is 12.0. The molecule has 3 N–H and O–H groups in total. The minimum Gasteiger partial charge on any atom is -0.352 e. The third-order valence-corrected chi connectivity index (χ3v) is 3.68. The molecule has 1 aromatic carbocycles. The van der Waals surface area contributed by atoms with Crippen LogP contribution < -0.4 is 11.1 Å². The van der Waals surface area contributed by atoms with E-state index in [1.165, 1.54) is 6.42 Å². The summed E-state index contributed by atoms with van der Waals surface area (Å²) in [5, 5.41) is 3.07. The fraction of sp³-hybridized carbons (Fsp3) is 0.533. The maximum absolute atomic E-state index is 12.0. The second-order valence-corrected chi connectivity index (χ2v) is 5.42. The second kappa shape index (κ2) is 6.01. The summed E-state index contributed by atoms with van der Waals surface area (Å²) in [5.74, 6) is 0.707. The number of nitrogens with two attached hydrogens (primary N) is 1. The first-order valence-electron chi connectivity index (χ1n) is 6.75. The van der Waals surface area contributed by atoms with Gasteiger partial charge in [0.15, 0.2) is 0 Å². The maximum Gasteiger partial charge on any atom is 0.237 e. The quantitative estimate of drug-likeness (QED) is 0.852. The lowest BCUT2D eigenvalue weighted by Crippen LogP contribution is -2.45.